The molecule has 5 nitrogen and oxygen atoms in total. The molecule has 1 aromatic heterocycles. The van der Waals surface area contributed by atoms with Crippen molar-refractivity contribution < 1.29 is 35.9 Å². The van der Waals surface area contributed by atoms with Crippen LogP contribution in [0.15, 0.2) is 78.9 Å². The highest BCUT2D eigenvalue weighted by molar-refractivity contribution is 5.96. The van der Waals surface area contributed by atoms with E-state index in [9.17, 15) is 31.1 Å². The Morgan fingerprint density at radius 1 is 0.844 bits per heavy atom. The minimum Gasteiger partial charge on any atom is -0.378 e. The number of hydrogen-bond acceptors (Lipinski definition) is 3. The van der Waals surface area contributed by atoms with E-state index in [1.807, 2.05) is 0 Å². The zero-order chi connectivity index (χ0) is 31.7. The molecule has 0 spiro atoms. The van der Waals surface area contributed by atoms with E-state index in [-0.39, 0.29) is 17.0 Å². The number of alkyl halides is 3. The van der Waals surface area contributed by atoms with Crippen molar-refractivity contribution in [2.24, 2.45) is 0 Å². The van der Waals surface area contributed by atoms with E-state index in [4.69, 9.17) is 4.74 Å². The van der Waals surface area contributed by atoms with Gasteiger partial charge in [-0.1, -0.05) is 42.2 Å². The molecule has 1 amide bonds. The van der Waals surface area contributed by atoms with Crippen molar-refractivity contribution in [3.63, 3.8) is 0 Å². The molecule has 1 aliphatic rings. The van der Waals surface area contributed by atoms with E-state index in [2.05, 4.69) is 16.9 Å². The van der Waals surface area contributed by atoms with Crippen LogP contribution in [0.2, 0.25) is 0 Å². The van der Waals surface area contributed by atoms with Gasteiger partial charge in [0, 0.05) is 58.4 Å². The first-order valence-electron chi connectivity index (χ1n) is 13.9. The molecular weight excluding hydrogens is 596 g/mol. The topological polar surface area (TPSA) is 47.4 Å². The minimum absolute atomic E-state index is 0.104. The molecule has 4 aromatic carbocycles. The molecule has 1 fully saturated rings. The molecule has 11 heteroatoms. The summed E-state index contributed by atoms with van der Waals surface area (Å²) in [6.07, 6.45) is -4.74. The largest absolute Gasteiger partial charge is 0.418 e. The lowest BCUT2D eigenvalue weighted by atomic mass is 10.0. The predicted molar refractivity (Wildman–Crippen MR) is 155 cm³/mol. The van der Waals surface area contributed by atoms with E-state index in [0.29, 0.717) is 60.7 Å². The third kappa shape index (κ3) is 6.28. The van der Waals surface area contributed by atoms with E-state index >= 15 is 0 Å². The zero-order valence-electron chi connectivity index (χ0n) is 23.5. The van der Waals surface area contributed by atoms with Gasteiger partial charge in [-0.25, -0.2) is 13.2 Å². The zero-order valence-corrected chi connectivity index (χ0v) is 23.5. The van der Waals surface area contributed by atoms with Crippen molar-refractivity contribution in [3.05, 3.63) is 124 Å². The van der Waals surface area contributed by atoms with Crippen molar-refractivity contribution >= 4 is 16.8 Å². The van der Waals surface area contributed by atoms with Crippen molar-refractivity contribution in [3.8, 4) is 23.1 Å². The number of carbonyl (C=O) groups is 1. The van der Waals surface area contributed by atoms with Crippen molar-refractivity contribution in [2.75, 3.05) is 26.3 Å². The van der Waals surface area contributed by atoms with Gasteiger partial charge in [0.15, 0.2) is 0 Å². The summed E-state index contributed by atoms with van der Waals surface area (Å²) in [5, 5.41) is 4.24. The van der Waals surface area contributed by atoms with Gasteiger partial charge in [0.25, 0.3) is 5.91 Å². The Bertz CT molecular complexity index is 1960. The summed E-state index contributed by atoms with van der Waals surface area (Å²) >= 11 is 0. The van der Waals surface area contributed by atoms with Gasteiger partial charge in [-0.3, -0.25) is 9.48 Å². The number of morpholine rings is 1. The summed E-state index contributed by atoms with van der Waals surface area (Å²) < 4.78 is 90.9. The Morgan fingerprint density at radius 3 is 2.18 bits per heavy atom. The first-order chi connectivity index (χ1) is 21.6. The smallest absolute Gasteiger partial charge is 0.378 e. The molecule has 0 aliphatic carbocycles. The van der Waals surface area contributed by atoms with Crippen molar-refractivity contribution in [1.29, 1.82) is 0 Å². The highest BCUT2D eigenvalue weighted by Gasteiger charge is 2.34. The molecule has 2 heterocycles. The molecular formula is C34H23F6N3O2. The van der Waals surface area contributed by atoms with Crippen LogP contribution in [0.25, 0.3) is 22.2 Å². The minimum atomic E-state index is -4.74. The van der Waals surface area contributed by atoms with E-state index in [0.717, 1.165) is 10.7 Å². The Hall–Kier alpha value is -5.08. The number of fused-ring (bicyclic) bond motifs is 1. The number of rotatable bonds is 4. The fraction of sp³-hybridized carbons (Fsp3) is 0.176. The van der Waals surface area contributed by atoms with Gasteiger partial charge in [0.2, 0.25) is 0 Å². The fourth-order valence-electron chi connectivity index (χ4n) is 5.24. The molecule has 0 unspecified atom stereocenters. The Kier molecular flexibility index (Phi) is 8.08. The van der Waals surface area contributed by atoms with Gasteiger partial charge >= 0.3 is 6.18 Å². The van der Waals surface area contributed by atoms with E-state index < -0.39 is 46.8 Å². The van der Waals surface area contributed by atoms with Crippen LogP contribution < -0.4 is 0 Å². The van der Waals surface area contributed by atoms with Gasteiger partial charge in [-0.05, 0) is 36.4 Å². The summed E-state index contributed by atoms with van der Waals surface area (Å²) in [5.74, 6) is 2.41. The predicted octanol–water partition coefficient (Wildman–Crippen LogP) is 7.06. The molecule has 1 saturated heterocycles. The second-order valence-corrected chi connectivity index (χ2v) is 10.4. The summed E-state index contributed by atoms with van der Waals surface area (Å²) in [7, 11) is 0. The fourth-order valence-corrected chi connectivity index (χ4v) is 5.24. The number of benzene rings is 4. The molecule has 6 rings (SSSR count). The highest BCUT2D eigenvalue weighted by Crippen LogP contribution is 2.38. The molecule has 0 atom stereocenters. The number of carbonyl (C=O) groups excluding carboxylic acids is 1. The number of nitrogens with zero attached hydrogens (tertiary/aromatic N) is 3. The van der Waals surface area contributed by atoms with Gasteiger partial charge in [-0.15, -0.1) is 0 Å². The van der Waals surface area contributed by atoms with Crippen molar-refractivity contribution in [2.45, 2.75) is 12.7 Å². The van der Waals surface area contributed by atoms with E-state index in [1.165, 1.54) is 12.1 Å². The highest BCUT2D eigenvalue weighted by atomic mass is 19.4. The lowest BCUT2D eigenvalue weighted by molar-refractivity contribution is -0.136. The molecule has 45 heavy (non-hydrogen) atoms. The maximum absolute atomic E-state index is 14.6. The van der Waals surface area contributed by atoms with Crippen LogP contribution in [0.5, 0.6) is 0 Å². The first-order valence-corrected chi connectivity index (χ1v) is 13.9. The average molecular weight is 620 g/mol. The molecule has 0 saturated carbocycles. The van der Waals surface area contributed by atoms with Gasteiger partial charge in [0.1, 0.15) is 23.0 Å². The van der Waals surface area contributed by atoms with Crippen LogP contribution in [0.4, 0.5) is 26.3 Å². The first kappa shape index (κ1) is 30.0. The SMILES string of the molecule is O=C(c1cccc(C#Cc2cccc(-c3c4cccc(C(F)(F)F)c4nn3Cc3c(F)cc(F)cc3F)c2)c1)N1CCOCC1. The van der Waals surface area contributed by atoms with Crippen LogP contribution in [-0.4, -0.2) is 46.9 Å². The summed E-state index contributed by atoms with van der Waals surface area (Å²) in [6, 6.07) is 18.0. The lowest BCUT2D eigenvalue weighted by Gasteiger charge is -2.26. The quantitative estimate of drug-likeness (QED) is 0.160. The van der Waals surface area contributed by atoms with Crippen LogP contribution in [0.1, 0.15) is 32.6 Å². The van der Waals surface area contributed by atoms with Crippen molar-refractivity contribution in [1.82, 2.24) is 14.7 Å². The average Bonchev–Trinajstić information content (AvgIpc) is 3.40. The Morgan fingerprint density at radius 2 is 1.49 bits per heavy atom. The standard InChI is InChI=1S/C34H23F6N3O2/c35-25-18-29(36)27(30(37)19-25)20-43-32(26-8-3-9-28(31(26)41-43)34(38,39)40)23-6-1-4-21(16-23)10-11-22-5-2-7-24(17-22)33(44)42-12-14-45-15-13-42/h1-9,16-19H,12-15,20H2. The Balaban J connectivity index is 1.40. The molecule has 0 bridgehead atoms. The lowest BCUT2D eigenvalue weighted by Crippen LogP contribution is -2.40. The van der Waals surface area contributed by atoms with Crippen LogP contribution in [-0.2, 0) is 17.5 Å². The second-order valence-electron chi connectivity index (χ2n) is 10.4. The van der Waals surface area contributed by atoms with Crippen LogP contribution >= 0.6 is 0 Å². The Labute approximate surface area is 253 Å². The van der Waals surface area contributed by atoms with Gasteiger partial charge in [-0.2, -0.15) is 18.3 Å². The van der Waals surface area contributed by atoms with Crippen LogP contribution in [0.3, 0.4) is 0 Å². The summed E-state index contributed by atoms with van der Waals surface area (Å²) in [5.41, 5.74) is 0.138. The number of halogens is 6. The summed E-state index contributed by atoms with van der Waals surface area (Å²) in [4.78, 5) is 14.6. The number of ether oxygens (including phenoxy) is 1. The van der Waals surface area contributed by atoms with Crippen LogP contribution in [0, 0.1) is 29.3 Å². The number of amides is 1. The van der Waals surface area contributed by atoms with Gasteiger partial charge in [0.05, 0.1) is 31.0 Å². The number of aromatic nitrogens is 2. The van der Waals surface area contributed by atoms with Gasteiger partial charge < -0.3 is 9.64 Å². The maximum Gasteiger partial charge on any atom is 0.418 e. The molecule has 0 radical (unpaired) electrons. The monoisotopic (exact) mass is 619 g/mol. The summed E-state index contributed by atoms with van der Waals surface area (Å²) in [6.45, 7) is 1.34. The normalized spacial score (nSPS) is 13.5. The molecule has 5 aromatic rings. The third-order valence-electron chi connectivity index (χ3n) is 7.38. The molecule has 228 valence electrons. The molecule has 1 aliphatic heterocycles. The van der Waals surface area contributed by atoms with E-state index in [1.54, 1.807) is 53.4 Å². The third-order valence-corrected chi connectivity index (χ3v) is 7.38. The number of hydrogen-bond donors (Lipinski definition) is 0. The maximum atomic E-state index is 14.6. The molecule has 0 N–H and O–H groups in total. The second kappa shape index (κ2) is 12.1.